The van der Waals surface area contributed by atoms with Crippen molar-refractivity contribution < 1.29 is 4.74 Å². The van der Waals surface area contributed by atoms with Crippen LogP contribution < -0.4 is 5.73 Å². The van der Waals surface area contributed by atoms with Crippen molar-refractivity contribution in [3.05, 3.63) is 15.6 Å². The summed E-state index contributed by atoms with van der Waals surface area (Å²) in [4.78, 5) is 6.15. The molecule has 19 heavy (non-hydrogen) atoms. The lowest BCUT2D eigenvalue weighted by Crippen LogP contribution is -2.26. The maximum Gasteiger partial charge on any atom is 0.125 e. The summed E-state index contributed by atoms with van der Waals surface area (Å²) in [6, 6.07) is 0. The minimum absolute atomic E-state index is 0.113. The molecule has 0 radical (unpaired) electrons. The van der Waals surface area contributed by atoms with Crippen LogP contribution in [0.25, 0.3) is 0 Å². The highest BCUT2D eigenvalue weighted by atomic mass is 32.1. The maximum atomic E-state index is 6.10. The quantitative estimate of drug-likeness (QED) is 0.867. The van der Waals surface area contributed by atoms with Crippen molar-refractivity contribution in [2.45, 2.75) is 65.0 Å². The molecule has 1 fully saturated rings. The standard InChI is InChI=1S/C15H26N2OS/c1-4-18-15(7-5-6-8-15)14-17-12(9-11(2)3)13(10-16)19-14/h11H,4-10,16H2,1-3H3. The van der Waals surface area contributed by atoms with E-state index in [0.717, 1.165) is 25.9 Å². The summed E-state index contributed by atoms with van der Waals surface area (Å²) in [5.41, 5.74) is 6.97. The minimum Gasteiger partial charge on any atom is -0.368 e. The summed E-state index contributed by atoms with van der Waals surface area (Å²) >= 11 is 1.78. The lowest BCUT2D eigenvalue weighted by molar-refractivity contribution is -0.0392. The zero-order valence-electron chi connectivity index (χ0n) is 12.4. The van der Waals surface area contributed by atoms with Gasteiger partial charge in [-0.15, -0.1) is 11.3 Å². The first-order chi connectivity index (χ1) is 9.11. The second-order valence-corrected chi connectivity index (χ2v) is 6.91. The van der Waals surface area contributed by atoms with E-state index in [2.05, 4.69) is 20.8 Å². The molecular weight excluding hydrogens is 256 g/mol. The Morgan fingerprint density at radius 2 is 2.05 bits per heavy atom. The summed E-state index contributed by atoms with van der Waals surface area (Å²) in [6.07, 6.45) is 5.73. The Kier molecular flexibility index (Phi) is 4.98. The van der Waals surface area contributed by atoms with Gasteiger partial charge in [-0.3, -0.25) is 0 Å². The smallest absolute Gasteiger partial charge is 0.125 e. The van der Waals surface area contributed by atoms with Crippen LogP contribution in [0.3, 0.4) is 0 Å². The molecule has 108 valence electrons. The average Bonchev–Trinajstić information content (AvgIpc) is 2.96. The molecule has 0 unspecified atom stereocenters. The van der Waals surface area contributed by atoms with E-state index in [-0.39, 0.29) is 5.60 Å². The van der Waals surface area contributed by atoms with E-state index in [1.165, 1.54) is 28.4 Å². The van der Waals surface area contributed by atoms with Crippen LogP contribution in [0.1, 0.15) is 62.0 Å². The van der Waals surface area contributed by atoms with Crippen LogP contribution in [0, 0.1) is 5.92 Å². The largest absolute Gasteiger partial charge is 0.368 e. The van der Waals surface area contributed by atoms with Gasteiger partial charge in [0.05, 0.1) is 5.69 Å². The second kappa shape index (κ2) is 6.33. The fourth-order valence-electron chi connectivity index (χ4n) is 2.93. The van der Waals surface area contributed by atoms with Gasteiger partial charge in [0.2, 0.25) is 0 Å². The van der Waals surface area contributed by atoms with Gasteiger partial charge < -0.3 is 10.5 Å². The lowest BCUT2D eigenvalue weighted by atomic mass is 10.0. The SMILES string of the molecule is CCOC1(c2nc(CC(C)C)c(CN)s2)CCCC1. The molecule has 0 bridgehead atoms. The van der Waals surface area contributed by atoms with E-state index in [1.54, 1.807) is 11.3 Å². The molecule has 3 nitrogen and oxygen atoms in total. The summed E-state index contributed by atoms with van der Waals surface area (Å²) < 4.78 is 6.10. The first-order valence-corrected chi connectivity index (χ1v) is 8.26. The van der Waals surface area contributed by atoms with Crippen molar-refractivity contribution in [1.29, 1.82) is 0 Å². The molecule has 0 spiro atoms. The molecular formula is C15H26N2OS. The van der Waals surface area contributed by atoms with Crippen molar-refractivity contribution in [3.8, 4) is 0 Å². The van der Waals surface area contributed by atoms with E-state index in [4.69, 9.17) is 15.5 Å². The van der Waals surface area contributed by atoms with Gasteiger partial charge in [-0.25, -0.2) is 4.98 Å². The number of aromatic nitrogens is 1. The van der Waals surface area contributed by atoms with Crippen LogP contribution in [0.5, 0.6) is 0 Å². The van der Waals surface area contributed by atoms with Crippen LogP contribution >= 0.6 is 11.3 Å². The van der Waals surface area contributed by atoms with Gasteiger partial charge in [0.15, 0.2) is 0 Å². The van der Waals surface area contributed by atoms with E-state index >= 15 is 0 Å². The Bertz CT molecular complexity index is 408. The molecule has 2 N–H and O–H groups in total. The second-order valence-electron chi connectivity index (χ2n) is 5.83. The number of nitrogens with zero attached hydrogens (tertiary/aromatic N) is 1. The molecule has 0 aliphatic heterocycles. The molecule has 0 atom stereocenters. The molecule has 0 saturated heterocycles. The topological polar surface area (TPSA) is 48.1 Å². The predicted molar refractivity (Wildman–Crippen MR) is 80.3 cm³/mol. The minimum atomic E-state index is -0.113. The van der Waals surface area contributed by atoms with Gasteiger partial charge in [-0.2, -0.15) is 0 Å². The number of nitrogens with two attached hydrogens (primary N) is 1. The zero-order chi connectivity index (χ0) is 13.9. The van der Waals surface area contributed by atoms with Gasteiger partial charge >= 0.3 is 0 Å². The molecule has 1 heterocycles. The van der Waals surface area contributed by atoms with Crippen LogP contribution in [-0.2, 0) is 23.3 Å². The average molecular weight is 282 g/mol. The van der Waals surface area contributed by atoms with Crippen molar-refractivity contribution >= 4 is 11.3 Å². The molecule has 2 rings (SSSR count). The fourth-order valence-corrected chi connectivity index (χ4v) is 4.09. The van der Waals surface area contributed by atoms with Crippen LogP contribution in [0.2, 0.25) is 0 Å². The molecule has 1 saturated carbocycles. The van der Waals surface area contributed by atoms with Crippen molar-refractivity contribution in [2.75, 3.05) is 6.61 Å². The first-order valence-electron chi connectivity index (χ1n) is 7.44. The van der Waals surface area contributed by atoms with Gasteiger partial charge in [0.25, 0.3) is 0 Å². The summed E-state index contributed by atoms with van der Waals surface area (Å²) in [5, 5.41) is 1.17. The molecule has 1 aromatic heterocycles. The monoisotopic (exact) mass is 282 g/mol. The van der Waals surface area contributed by atoms with E-state index in [0.29, 0.717) is 12.5 Å². The number of hydrogen-bond donors (Lipinski definition) is 1. The Morgan fingerprint density at radius 1 is 1.37 bits per heavy atom. The van der Waals surface area contributed by atoms with Gasteiger partial charge in [0.1, 0.15) is 10.6 Å². The van der Waals surface area contributed by atoms with E-state index < -0.39 is 0 Å². The number of hydrogen-bond acceptors (Lipinski definition) is 4. The summed E-state index contributed by atoms with van der Waals surface area (Å²) in [5.74, 6) is 0.617. The third kappa shape index (κ3) is 3.18. The van der Waals surface area contributed by atoms with Crippen molar-refractivity contribution in [2.24, 2.45) is 11.7 Å². The highest BCUT2D eigenvalue weighted by Gasteiger charge is 2.39. The highest BCUT2D eigenvalue weighted by molar-refractivity contribution is 7.11. The van der Waals surface area contributed by atoms with Crippen LogP contribution in [0.15, 0.2) is 0 Å². The van der Waals surface area contributed by atoms with Crippen molar-refractivity contribution in [1.82, 2.24) is 4.98 Å². The Labute approximate surface area is 120 Å². The number of thiazole rings is 1. The van der Waals surface area contributed by atoms with E-state index in [1.807, 2.05) is 0 Å². The van der Waals surface area contributed by atoms with E-state index in [9.17, 15) is 0 Å². The van der Waals surface area contributed by atoms with Crippen molar-refractivity contribution in [3.63, 3.8) is 0 Å². The lowest BCUT2D eigenvalue weighted by Gasteiger charge is -2.26. The van der Waals surface area contributed by atoms with Gasteiger partial charge in [0, 0.05) is 18.0 Å². The predicted octanol–water partition coefficient (Wildman–Crippen LogP) is 3.61. The Morgan fingerprint density at radius 3 is 2.58 bits per heavy atom. The zero-order valence-corrected chi connectivity index (χ0v) is 13.2. The summed E-state index contributed by atoms with van der Waals surface area (Å²) in [6.45, 7) is 7.89. The molecule has 0 amide bonds. The molecule has 1 aliphatic rings. The maximum absolute atomic E-state index is 6.10. The summed E-state index contributed by atoms with van der Waals surface area (Å²) in [7, 11) is 0. The van der Waals surface area contributed by atoms with Gasteiger partial charge in [-0.1, -0.05) is 26.7 Å². The Hall–Kier alpha value is -0.450. The Balaban J connectivity index is 2.30. The van der Waals surface area contributed by atoms with Crippen LogP contribution in [0.4, 0.5) is 0 Å². The highest BCUT2D eigenvalue weighted by Crippen LogP contribution is 2.44. The normalized spacial score (nSPS) is 18.4. The first kappa shape index (κ1) is 14.9. The number of rotatable bonds is 6. The third-order valence-electron chi connectivity index (χ3n) is 3.79. The molecule has 1 aromatic rings. The van der Waals surface area contributed by atoms with Crippen LogP contribution in [-0.4, -0.2) is 11.6 Å². The van der Waals surface area contributed by atoms with Gasteiger partial charge in [-0.05, 0) is 32.1 Å². The number of ether oxygens (including phenoxy) is 1. The molecule has 4 heteroatoms. The molecule has 0 aromatic carbocycles. The molecule has 1 aliphatic carbocycles. The fraction of sp³-hybridized carbons (Fsp3) is 0.800. The third-order valence-corrected chi connectivity index (χ3v) is 5.09.